The minimum atomic E-state index is -0.519. The quantitative estimate of drug-likeness (QED) is 0.525. The highest BCUT2D eigenvalue weighted by Gasteiger charge is 2.28. The summed E-state index contributed by atoms with van der Waals surface area (Å²) in [5.74, 6) is -0.839. The minimum Gasteiger partial charge on any atom is -0.462 e. The van der Waals surface area contributed by atoms with E-state index >= 15 is 0 Å². The molecule has 78 valence electrons. The summed E-state index contributed by atoms with van der Waals surface area (Å²) >= 11 is 0. The molecule has 0 fully saturated rings. The average molecular weight is 197 g/mol. The average Bonchev–Trinajstić information content (AvgIpc) is 2.01. The van der Waals surface area contributed by atoms with Gasteiger partial charge in [0.1, 0.15) is 5.57 Å². The molecule has 1 heterocycles. The van der Waals surface area contributed by atoms with Crippen LogP contribution in [0.4, 0.5) is 0 Å². The van der Waals surface area contributed by atoms with Gasteiger partial charge in [-0.25, -0.2) is 4.79 Å². The first-order valence-corrected chi connectivity index (χ1v) is 4.74. The Bertz CT molecular complexity index is 294. The molecule has 0 aromatic rings. The summed E-state index contributed by atoms with van der Waals surface area (Å²) < 4.78 is 4.80. The molecule has 1 N–H and O–H groups in total. The highest BCUT2D eigenvalue weighted by Crippen LogP contribution is 2.17. The highest BCUT2D eigenvalue weighted by atomic mass is 16.5. The Balaban J connectivity index is 2.89. The maximum atomic E-state index is 11.5. The number of hydrogen-bond donors (Lipinski definition) is 1. The lowest BCUT2D eigenvalue weighted by atomic mass is 9.97. The van der Waals surface area contributed by atoms with Crippen molar-refractivity contribution in [2.24, 2.45) is 0 Å². The third kappa shape index (κ3) is 2.13. The molecule has 0 aromatic carbocycles. The minimum absolute atomic E-state index is 0.0978. The summed E-state index contributed by atoms with van der Waals surface area (Å²) in [5, 5.41) is 2.70. The predicted molar refractivity (Wildman–Crippen MR) is 51.6 cm³/mol. The molecule has 0 bridgehead atoms. The largest absolute Gasteiger partial charge is 0.462 e. The summed E-state index contributed by atoms with van der Waals surface area (Å²) in [6, 6.07) is 0.0978. The van der Waals surface area contributed by atoms with Gasteiger partial charge in [-0.05, 0) is 27.2 Å². The van der Waals surface area contributed by atoms with E-state index < -0.39 is 5.97 Å². The lowest BCUT2D eigenvalue weighted by molar-refractivity contribution is -0.140. The summed E-state index contributed by atoms with van der Waals surface area (Å²) in [4.78, 5) is 22.8. The SMILES string of the molecule is CCOC(=O)C1=C(C)C[C@H](C)NC1=O. The first-order chi connectivity index (χ1) is 6.56. The summed E-state index contributed by atoms with van der Waals surface area (Å²) in [5.41, 5.74) is 0.977. The molecule has 1 aliphatic heterocycles. The molecule has 0 spiro atoms. The molecule has 1 aliphatic rings. The Labute approximate surface area is 83.3 Å². The van der Waals surface area contributed by atoms with E-state index in [1.807, 2.05) is 6.92 Å². The zero-order chi connectivity index (χ0) is 10.7. The highest BCUT2D eigenvalue weighted by molar-refractivity contribution is 6.17. The fourth-order valence-corrected chi connectivity index (χ4v) is 1.57. The van der Waals surface area contributed by atoms with Gasteiger partial charge in [0.2, 0.25) is 0 Å². The number of ether oxygens (including phenoxy) is 1. The van der Waals surface area contributed by atoms with E-state index in [9.17, 15) is 9.59 Å². The zero-order valence-corrected chi connectivity index (χ0v) is 8.72. The molecule has 14 heavy (non-hydrogen) atoms. The molecular formula is C10H15NO3. The maximum Gasteiger partial charge on any atom is 0.343 e. The Hall–Kier alpha value is -1.32. The van der Waals surface area contributed by atoms with Crippen LogP contribution in [0.15, 0.2) is 11.1 Å². The van der Waals surface area contributed by atoms with Gasteiger partial charge in [-0.3, -0.25) is 4.79 Å². The van der Waals surface area contributed by atoms with Gasteiger partial charge in [-0.2, -0.15) is 0 Å². The fourth-order valence-electron chi connectivity index (χ4n) is 1.57. The van der Waals surface area contributed by atoms with Crippen LogP contribution in [0.1, 0.15) is 27.2 Å². The maximum absolute atomic E-state index is 11.5. The van der Waals surface area contributed by atoms with Crippen LogP contribution in [0, 0.1) is 0 Å². The van der Waals surface area contributed by atoms with Gasteiger partial charge in [-0.15, -0.1) is 0 Å². The lowest BCUT2D eigenvalue weighted by Crippen LogP contribution is -2.40. The van der Waals surface area contributed by atoms with E-state index in [-0.39, 0.29) is 17.5 Å². The molecule has 0 aliphatic carbocycles. The van der Waals surface area contributed by atoms with E-state index in [4.69, 9.17) is 4.74 Å². The van der Waals surface area contributed by atoms with Gasteiger partial charge < -0.3 is 10.1 Å². The Morgan fingerprint density at radius 1 is 1.64 bits per heavy atom. The van der Waals surface area contributed by atoms with E-state index in [2.05, 4.69) is 5.32 Å². The first kappa shape index (κ1) is 10.8. The van der Waals surface area contributed by atoms with Crippen molar-refractivity contribution in [3.05, 3.63) is 11.1 Å². The lowest BCUT2D eigenvalue weighted by Gasteiger charge is -2.22. The van der Waals surface area contributed by atoms with E-state index in [1.165, 1.54) is 0 Å². The van der Waals surface area contributed by atoms with Crippen LogP contribution >= 0.6 is 0 Å². The van der Waals surface area contributed by atoms with Gasteiger partial charge in [0.25, 0.3) is 5.91 Å². The van der Waals surface area contributed by atoms with Crippen molar-refractivity contribution in [3.63, 3.8) is 0 Å². The number of hydrogen-bond acceptors (Lipinski definition) is 3. The normalized spacial score (nSPS) is 21.9. The van der Waals surface area contributed by atoms with Crippen molar-refractivity contribution in [3.8, 4) is 0 Å². The second-order valence-corrected chi connectivity index (χ2v) is 3.45. The van der Waals surface area contributed by atoms with E-state index in [0.29, 0.717) is 13.0 Å². The Morgan fingerprint density at radius 3 is 2.79 bits per heavy atom. The molecule has 4 heteroatoms. The first-order valence-electron chi connectivity index (χ1n) is 4.74. The fraction of sp³-hybridized carbons (Fsp3) is 0.600. The molecule has 1 rings (SSSR count). The second-order valence-electron chi connectivity index (χ2n) is 3.45. The van der Waals surface area contributed by atoms with Gasteiger partial charge >= 0.3 is 5.97 Å². The predicted octanol–water partition coefficient (Wildman–Crippen LogP) is 0.774. The summed E-state index contributed by atoms with van der Waals surface area (Å²) in [7, 11) is 0. The zero-order valence-electron chi connectivity index (χ0n) is 8.72. The van der Waals surface area contributed by atoms with Gasteiger partial charge in [0.15, 0.2) is 0 Å². The summed E-state index contributed by atoms with van der Waals surface area (Å²) in [6.07, 6.45) is 0.708. The number of nitrogens with one attached hydrogen (secondary N) is 1. The molecule has 0 saturated heterocycles. The van der Waals surface area contributed by atoms with Crippen molar-refractivity contribution < 1.29 is 14.3 Å². The van der Waals surface area contributed by atoms with Gasteiger partial charge in [0, 0.05) is 6.04 Å². The number of carbonyl (C=O) groups excluding carboxylic acids is 2. The van der Waals surface area contributed by atoms with Crippen LogP contribution in [-0.2, 0) is 14.3 Å². The topological polar surface area (TPSA) is 55.4 Å². The molecule has 1 atom stereocenters. The van der Waals surface area contributed by atoms with Crippen molar-refractivity contribution >= 4 is 11.9 Å². The Kier molecular flexibility index (Phi) is 3.28. The van der Waals surface area contributed by atoms with Crippen LogP contribution in [0.25, 0.3) is 0 Å². The smallest absolute Gasteiger partial charge is 0.343 e. The summed E-state index contributed by atoms with van der Waals surface area (Å²) in [6.45, 7) is 5.71. The van der Waals surface area contributed by atoms with Crippen LogP contribution in [-0.4, -0.2) is 24.5 Å². The number of esters is 1. The van der Waals surface area contributed by atoms with Gasteiger partial charge in [-0.1, -0.05) is 5.57 Å². The van der Waals surface area contributed by atoms with E-state index in [1.54, 1.807) is 13.8 Å². The molecule has 4 nitrogen and oxygen atoms in total. The molecule has 0 radical (unpaired) electrons. The Morgan fingerprint density at radius 2 is 2.29 bits per heavy atom. The molecule has 1 amide bonds. The van der Waals surface area contributed by atoms with Crippen LogP contribution < -0.4 is 5.32 Å². The third-order valence-electron chi connectivity index (χ3n) is 2.12. The van der Waals surface area contributed by atoms with Crippen molar-refractivity contribution in [2.45, 2.75) is 33.2 Å². The van der Waals surface area contributed by atoms with Crippen molar-refractivity contribution in [1.82, 2.24) is 5.32 Å². The van der Waals surface area contributed by atoms with Gasteiger partial charge in [0.05, 0.1) is 6.61 Å². The number of amides is 1. The molecule has 0 aromatic heterocycles. The number of rotatable bonds is 2. The van der Waals surface area contributed by atoms with E-state index in [0.717, 1.165) is 5.57 Å². The standard InChI is InChI=1S/C10H15NO3/c1-4-14-10(13)8-6(2)5-7(3)11-9(8)12/h7H,4-5H2,1-3H3,(H,11,12)/t7-/m0/s1. The molecule has 0 saturated carbocycles. The molecule has 0 unspecified atom stereocenters. The molecular weight excluding hydrogens is 182 g/mol. The second kappa shape index (κ2) is 4.26. The third-order valence-corrected chi connectivity index (χ3v) is 2.12. The van der Waals surface area contributed by atoms with Crippen LogP contribution in [0.5, 0.6) is 0 Å². The van der Waals surface area contributed by atoms with Crippen LogP contribution in [0.3, 0.4) is 0 Å². The monoisotopic (exact) mass is 197 g/mol. The number of carbonyl (C=O) groups is 2. The van der Waals surface area contributed by atoms with Crippen LogP contribution in [0.2, 0.25) is 0 Å². The van der Waals surface area contributed by atoms with Crippen molar-refractivity contribution in [2.75, 3.05) is 6.61 Å². The van der Waals surface area contributed by atoms with Crippen molar-refractivity contribution in [1.29, 1.82) is 0 Å².